The average Bonchev–Trinajstić information content (AvgIpc) is 2.60. The molecule has 2 aromatic carbocycles. The molecule has 5 nitrogen and oxygen atoms in total. The second-order valence-corrected chi connectivity index (χ2v) is 9.45. The zero-order valence-corrected chi connectivity index (χ0v) is 17.4. The number of carbonyl (C=O) groups excluding carboxylic acids is 1. The third-order valence-corrected chi connectivity index (χ3v) is 5.66. The van der Waals surface area contributed by atoms with E-state index in [1.54, 1.807) is 36.4 Å². The maximum Gasteiger partial charge on any atom is 0.261 e. The van der Waals surface area contributed by atoms with Crippen LogP contribution in [0, 0.1) is 0 Å². The van der Waals surface area contributed by atoms with Crippen LogP contribution in [0.5, 0.6) is 0 Å². The van der Waals surface area contributed by atoms with E-state index in [9.17, 15) is 13.2 Å². The quantitative estimate of drug-likeness (QED) is 0.763. The Morgan fingerprint density at radius 2 is 1.56 bits per heavy atom. The molecule has 0 fully saturated rings. The van der Waals surface area contributed by atoms with Crippen molar-refractivity contribution in [3.8, 4) is 0 Å². The molecule has 0 aliphatic carbocycles. The summed E-state index contributed by atoms with van der Waals surface area (Å²) in [6.45, 7) is 9.92. The van der Waals surface area contributed by atoms with E-state index < -0.39 is 10.0 Å². The lowest BCUT2D eigenvalue weighted by atomic mass is 9.99. The molecule has 1 atom stereocenters. The summed E-state index contributed by atoms with van der Waals surface area (Å²) in [6, 6.07) is 13.3. The molecule has 0 radical (unpaired) electrons. The highest BCUT2D eigenvalue weighted by Gasteiger charge is 2.17. The second-order valence-electron chi connectivity index (χ2n) is 7.77. The van der Waals surface area contributed by atoms with Gasteiger partial charge in [-0.15, -0.1) is 0 Å². The topological polar surface area (TPSA) is 75.3 Å². The summed E-state index contributed by atoms with van der Waals surface area (Å²) in [4.78, 5) is 12.4. The number of benzene rings is 2. The van der Waals surface area contributed by atoms with Gasteiger partial charge in [0.1, 0.15) is 0 Å². The molecule has 2 N–H and O–H groups in total. The highest BCUT2D eigenvalue weighted by Crippen LogP contribution is 2.22. The summed E-state index contributed by atoms with van der Waals surface area (Å²) in [5, 5.41) is 2.87. The van der Waals surface area contributed by atoms with Gasteiger partial charge in [-0.25, -0.2) is 8.42 Å². The van der Waals surface area contributed by atoms with Gasteiger partial charge in [0.25, 0.3) is 15.9 Å². The van der Waals surface area contributed by atoms with E-state index in [4.69, 9.17) is 0 Å². The zero-order valence-electron chi connectivity index (χ0n) is 16.5. The van der Waals surface area contributed by atoms with Crippen LogP contribution in [0.3, 0.4) is 0 Å². The third-order valence-electron chi connectivity index (χ3n) is 4.26. The predicted molar refractivity (Wildman–Crippen MR) is 110 cm³/mol. The molecule has 146 valence electrons. The number of nitrogens with one attached hydrogen (secondary N) is 2. The minimum absolute atomic E-state index is 0.197. The molecule has 1 unspecified atom stereocenters. The summed E-state index contributed by atoms with van der Waals surface area (Å²) < 4.78 is 27.7. The Kier molecular flexibility index (Phi) is 6.31. The number of hydrogen-bond donors (Lipinski definition) is 2. The van der Waals surface area contributed by atoms with Crippen LogP contribution in [0.15, 0.2) is 53.4 Å². The van der Waals surface area contributed by atoms with Crippen LogP contribution in [0.4, 0.5) is 5.69 Å². The second kappa shape index (κ2) is 8.13. The number of rotatable bonds is 6. The van der Waals surface area contributed by atoms with Crippen molar-refractivity contribution in [2.45, 2.75) is 57.4 Å². The van der Waals surface area contributed by atoms with Gasteiger partial charge in [0, 0.05) is 16.8 Å². The number of hydrogen-bond acceptors (Lipinski definition) is 3. The molecule has 0 bridgehead atoms. The SMILES string of the molecule is CCC(C)c1ccc(S(=O)(=O)Nc2ccc(C(=O)NC(C)(C)C)cc2)cc1. The molecule has 0 saturated carbocycles. The minimum Gasteiger partial charge on any atom is -0.347 e. The Bertz CT molecular complexity index is 881. The van der Waals surface area contributed by atoms with Crippen LogP contribution in [-0.2, 0) is 10.0 Å². The van der Waals surface area contributed by atoms with Crippen molar-refractivity contribution in [1.82, 2.24) is 5.32 Å². The molecule has 2 aromatic rings. The molecule has 2 rings (SSSR count). The fraction of sp³-hybridized carbons (Fsp3) is 0.381. The lowest BCUT2D eigenvalue weighted by Crippen LogP contribution is -2.40. The van der Waals surface area contributed by atoms with E-state index in [1.807, 2.05) is 32.9 Å². The molecule has 27 heavy (non-hydrogen) atoms. The fourth-order valence-electron chi connectivity index (χ4n) is 2.53. The first-order valence-electron chi connectivity index (χ1n) is 9.07. The third kappa shape index (κ3) is 5.82. The van der Waals surface area contributed by atoms with Gasteiger partial charge in [-0.1, -0.05) is 26.0 Å². The predicted octanol–water partition coefficient (Wildman–Crippen LogP) is 4.53. The number of anilines is 1. The first-order chi connectivity index (χ1) is 12.5. The molecule has 0 spiro atoms. The highest BCUT2D eigenvalue weighted by atomic mass is 32.2. The minimum atomic E-state index is -3.67. The number of carbonyl (C=O) groups is 1. The van der Waals surface area contributed by atoms with E-state index in [1.165, 1.54) is 0 Å². The molecule has 0 aliphatic rings. The molecule has 0 aliphatic heterocycles. The lowest BCUT2D eigenvalue weighted by molar-refractivity contribution is 0.0919. The molecular formula is C21H28N2O3S. The van der Waals surface area contributed by atoms with Gasteiger partial charge in [0.2, 0.25) is 0 Å². The van der Waals surface area contributed by atoms with Gasteiger partial charge in [-0.2, -0.15) is 0 Å². The van der Waals surface area contributed by atoms with Gasteiger partial charge in [-0.3, -0.25) is 9.52 Å². The van der Waals surface area contributed by atoms with Crippen molar-refractivity contribution in [2.24, 2.45) is 0 Å². The molecule has 0 aromatic heterocycles. The fourth-order valence-corrected chi connectivity index (χ4v) is 3.59. The zero-order chi connectivity index (χ0) is 20.2. The Morgan fingerprint density at radius 3 is 2.04 bits per heavy atom. The Balaban J connectivity index is 2.12. The van der Waals surface area contributed by atoms with Gasteiger partial charge >= 0.3 is 0 Å². The van der Waals surface area contributed by atoms with E-state index in [0.29, 0.717) is 17.2 Å². The van der Waals surface area contributed by atoms with E-state index in [0.717, 1.165) is 12.0 Å². The maximum atomic E-state index is 12.6. The van der Waals surface area contributed by atoms with Gasteiger partial charge in [0.15, 0.2) is 0 Å². The van der Waals surface area contributed by atoms with Gasteiger partial charge in [-0.05, 0) is 75.1 Å². The highest BCUT2D eigenvalue weighted by molar-refractivity contribution is 7.92. The van der Waals surface area contributed by atoms with Crippen LogP contribution < -0.4 is 10.0 Å². The summed E-state index contributed by atoms with van der Waals surface area (Å²) in [5.74, 6) is 0.194. The number of amides is 1. The van der Waals surface area contributed by atoms with Crippen molar-refractivity contribution < 1.29 is 13.2 Å². The van der Waals surface area contributed by atoms with Crippen LogP contribution in [0.2, 0.25) is 0 Å². The molecule has 0 heterocycles. The smallest absolute Gasteiger partial charge is 0.261 e. The first kappa shape index (κ1) is 21.0. The van der Waals surface area contributed by atoms with Crippen LogP contribution >= 0.6 is 0 Å². The summed E-state index contributed by atoms with van der Waals surface area (Å²) in [5.41, 5.74) is 1.67. The summed E-state index contributed by atoms with van der Waals surface area (Å²) in [7, 11) is -3.67. The Morgan fingerprint density at radius 1 is 1.00 bits per heavy atom. The molecule has 0 saturated heterocycles. The largest absolute Gasteiger partial charge is 0.347 e. The van der Waals surface area contributed by atoms with Crippen LogP contribution in [-0.4, -0.2) is 19.9 Å². The number of sulfonamides is 1. The Labute approximate surface area is 162 Å². The average molecular weight is 389 g/mol. The van der Waals surface area contributed by atoms with Crippen LogP contribution in [0.25, 0.3) is 0 Å². The van der Waals surface area contributed by atoms with Crippen molar-refractivity contribution in [1.29, 1.82) is 0 Å². The van der Waals surface area contributed by atoms with Crippen molar-refractivity contribution in [3.63, 3.8) is 0 Å². The van der Waals surface area contributed by atoms with E-state index >= 15 is 0 Å². The van der Waals surface area contributed by atoms with Crippen LogP contribution in [0.1, 0.15) is 62.9 Å². The molecular weight excluding hydrogens is 360 g/mol. The normalized spacial score (nSPS) is 13.1. The summed E-state index contributed by atoms with van der Waals surface area (Å²) in [6.07, 6.45) is 0.999. The van der Waals surface area contributed by atoms with Gasteiger partial charge in [0.05, 0.1) is 4.90 Å². The van der Waals surface area contributed by atoms with Crippen molar-refractivity contribution in [3.05, 3.63) is 59.7 Å². The van der Waals surface area contributed by atoms with E-state index in [2.05, 4.69) is 23.9 Å². The monoisotopic (exact) mass is 388 g/mol. The molecule has 1 amide bonds. The van der Waals surface area contributed by atoms with Gasteiger partial charge < -0.3 is 5.32 Å². The maximum absolute atomic E-state index is 12.6. The first-order valence-corrected chi connectivity index (χ1v) is 10.6. The van der Waals surface area contributed by atoms with E-state index in [-0.39, 0.29) is 16.3 Å². The Hall–Kier alpha value is -2.34. The lowest BCUT2D eigenvalue weighted by Gasteiger charge is -2.20. The van der Waals surface area contributed by atoms with Crippen molar-refractivity contribution in [2.75, 3.05) is 4.72 Å². The summed E-state index contributed by atoms with van der Waals surface area (Å²) >= 11 is 0. The standard InChI is InChI=1S/C21H28N2O3S/c1-6-15(2)16-9-13-19(14-10-16)27(25,26)23-18-11-7-17(8-12-18)20(24)22-21(3,4)5/h7-15,23H,6H2,1-5H3,(H,22,24). The van der Waals surface area contributed by atoms with Crippen molar-refractivity contribution >= 4 is 21.6 Å². The molecule has 6 heteroatoms.